The normalized spacial score (nSPS) is 10.8. The third-order valence-corrected chi connectivity index (χ3v) is 3.47. The van der Waals surface area contributed by atoms with Gasteiger partial charge in [-0.1, -0.05) is 0 Å². The lowest BCUT2D eigenvalue weighted by atomic mass is 10.3. The monoisotopic (exact) mass is 267 g/mol. The van der Waals surface area contributed by atoms with Crippen LogP contribution in [0.5, 0.6) is 0 Å². The number of hydrazine groups is 1. The molecular weight excluding hydrogens is 250 g/mol. The highest BCUT2D eigenvalue weighted by atomic mass is 32.1. The number of hydrogen-bond acceptors (Lipinski definition) is 7. The van der Waals surface area contributed by atoms with Crippen molar-refractivity contribution < 1.29 is 5.11 Å². The molecule has 5 N–H and O–H groups in total. The Morgan fingerprint density at radius 3 is 2.94 bits per heavy atom. The Morgan fingerprint density at radius 2 is 2.22 bits per heavy atom. The first-order valence-corrected chi connectivity index (χ1v) is 6.65. The van der Waals surface area contributed by atoms with Crippen LogP contribution in [-0.4, -0.2) is 28.2 Å². The van der Waals surface area contributed by atoms with Gasteiger partial charge < -0.3 is 10.4 Å². The highest BCUT2D eigenvalue weighted by Gasteiger charge is 2.09. The van der Waals surface area contributed by atoms with Crippen LogP contribution in [0.1, 0.15) is 17.7 Å². The number of thiophene rings is 1. The van der Waals surface area contributed by atoms with E-state index in [1.54, 1.807) is 11.3 Å². The maximum atomic E-state index is 8.74. The Balaban J connectivity index is 2.23. The molecule has 0 unspecified atom stereocenters. The van der Waals surface area contributed by atoms with E-state index >= 15 is 0 Å². The molecule has 2 rings (SSSR count). The SMILES string of the molecule is Cc1cc2c(NCCCCO)nc(NN)nc2s1. The first kappa shape index (κ1) is 13.0. The van der Waals surface area contributed by atoms with Gasteiger partial charge in [0, 0.05) is 18.0 Å². The minimum absolute atomic E-state index is 0.216. The molecule has 2 aromatic heterocycles. The van der Waals surface area contributed by atoms with E-state index in [2.05, 4.69) is 26.8 Å². The number of nitrogens with two attached hydrogens (primary N) is 1. The summed E-state index contributed by atoms with van der Waals surface area (Å²) in [7, 11) is 0. The molecule has 0 fully saturated rings. The molecule has 0 aliphatic rings. The molecule has 6 nitrogen and oxygen atoms in total. The molecule has 0 aliphatic carbocycles. The van der Waals surface area contributed by atoms with Crippen LogP contribution in [0.3, 0.4) is 0 Å². The van der Waals surface area contributed by atoms with Gasteiger partial charge in [0.15, 0.2) is 0 Å². The summed E-state index contributed by atoms with van der Waals surface area (Å²) < 4.78 is 0. The summed E-state index contributed by atoms with van der Waals surface area (Å²) in [4.78, 5) is 10.7. The number of aryl methyl sites for hydroxylation is 1. The van der Waals surface area contributed by atoms with Gasteiger partial charge in [-0.25, -0.2) is 10.8 Å². The number of aliphatic hydroxyl groups is 1. The molecule has 0 radical (unpaired) electrons. The lowest BCUT2D eigenvalue weighted by molar-refractivity contribution is 0.286. The fourth-order valence-electron chi connectivity index (χ4n) is 1.68. The molecule has 18 heavy (non-hydrogen) atoms. The van der Waals surface area contributed by atoms with Gasteiger partial charge in [0.1, 0.15) is 10.6 Å². The summed E-state index contributed by atoms with van der Waals surface area (Å²) in [5.74, 6) is 6.56. The van der Waals surface area contributed by atoms with E-state index in [4.69, 9.17) is 10.9 Å². The molecule has 2 aromatic rings. The predicted octanol–water partition coefficient (Wildman–Crippen LogP) is 1.47. The third-order valence-electron chi connectivity index (χ3n) is 2.52. The van der Waals surface area contributed by atoms with Crippen molar-refractivity contribution in [3.05, 3.63) is 10.9 Å². The fraction of sp³-hybridized carbons (Fsp3) is 0.455. The van der Waals surface area contributed by atoms with Crippen molar-refractivity contribution in [2.75, 3.05) is 23.9 Å². The zero-order valence-electron chi connectivity index (χ0n) is 10.2. The predicted molar refractivity (Wildman–Crippen MR) is 74.8 cm³/mol. The minimum Gasteiger partial charge on any atom is -0.396 e. The van der Waals surface area contributed by atoms with Gasteiger partial charge >= 0.3 is 0 Å². The first-order valence-electron chi connectivity index (χ1n) is 5.84. The summed E-state index contributed by atoms with van der Waals surface area (Å²) in [6.45, 7) is 3.02. The number of aromatic nitrogens is 2. The zero-order valence-corrected chi connectivity index (χ0v) is 11.0. The van der Waals surface area contributed by atoms with E-state index in [9.17, 15) is 0 Å². The van der Waals surface area contributed by atoms with Gasteiger partial charge in [-0.2, -0.15) is 4.98 Å². The van der Waals surface area contributed by atoms with Crippen LogP contribution < -0.4 is 16.6 Å². The van der Waals surface area contributed by atoms with E-state index in [1.165, 1.54) is 4.88 Å². The number of aliphatic hydroxyl groups excluding tert-OH is 1. The molecule has 98 valence electrons. The number of nitrogen functional groups attached to an aromatic ring is 1. The fourth-order valence-corrected chi connectivity index (χ4v) is 2.56. The quantitative estimate of drug-likeness (QED) is 0.359. The van der Waals surface area contributed by atoms with E-state index in [0.717, 1.165) is 35.4 Å². The molecule has 0 saturated carbocycles. The Labute approximate surface area is 109 Å². The average molecular weight is 267 g/mol. The van der Waals surface area contributed by atoms with Gasteiger partial charge in [0.2, 0.25) is 5.95 Å². The Hall–Kier alpha value is -1.44. The number of rotatable bonds is 6. The Bertz CT molecular complexity index is 527. The van der Waals surface area contributed by atoms with Gasteiger partial charge in [-0.15, -0.1) is 11.3 Å². The Morgan fingerprint density at radius 1 is 1.39 bits per heavy atom. The maximum absolute atomic E-state index is 8.74. The topological polar surface area (TPSA) is 96.1 Å². The van der Waals surface area contributed by atoms with Crippen molar-refractivity contribution in [1.82, 2.24) is 9.97 Å². The van der Waals surface area contributed by atoms with E-state index in [-0.39, 0.29) is 6.61 Å². The van der Waals surface area contributed by atoms with Crippen molar-refractivity contribution in [3.8, 4) is 0 Å². The number of unbranched alkanes of at least 4 members (excludes halogenated alkanes) is 1. The molecular formula is C11H17N5OS. The molecule has 0 saturated heterocycles. The number of nitrogens with zero attached hydrogens (tertiary/aromatic N) is 2. The Kier molecular flexibility index (Phi) is 4.29. The molecule has 0 amide bonds. The highest BCUT2D eigenvalue weighted by molar-refractivity contribution is 7.18. The first-order chi connectivity index (χ1) is 8.74. The van der Waals surface area contributed by atoms with Crippen molar-refractivity contribution >= 4 is 33.3 Å². The minimum atomic E-state index is 0.216. The smallest absolute Gasteiger partial charge is 0.240 e. The van der Waals surface area contributed by atoms with Crippen molar-refractivity contribution in [1.29, 1.82) is 0 Å². The van der Waals surface area contributed by atoms with Crippen LogP contribution in [-0.2, 0) is 0 Å². The van der Waals surface area contributed by atoms with Gasteiger partial charge in [0.05, 0.1) is 5.39 Å². The molecule has 0 bridgehead atoms. The molecule has 7 heteroatoms. The van der Waals surface area contributed by atoms with Gasteiger partial charge in [-0.3, -0.25) is 5.43 Å². The largest absolute Gasteiger partial charge is 0.396 e. The lowest BCUT2D eigenvalue weighted by Crippen LogP contribution is -2.12. The van der Waals surface area contributed by atoms with Crippen LogP contribution in [0.15, 0.2) is 6.07 Å². The number of fused-ring (bicyclic) bond motifs is 1. The van der Waals surface area contributed by atoms with E-state index in [0.29, 0.717) is 5.95 Å². The summed E-state index contributed by atoms with van der Waals surface area (Å²) in [6, 6.07) is 2.06. The number of anilines is 2. The standard InChI is InChI=1S/C11H17N5OS/c1-7-6-8-9(13-4-2-3-5-17)14-11(16-12)15-10(8)18-7/h6,17H,2-5,12H2,1H3,(H2,13,14,15,16). The summed E-state index contributed by atoms with van der Waals surface area (Å²) in [6.07, 6.45) is 1.68. The lowest BCUT2D eigenvalue weighted by Gasteiger charge is -2.07. The van der Waals surface area contributed by atoms with Crippen LogP contribution >= 0.6 is 11.3 Å². The zero-order chi connectivity index (χ0) is 13.0. The second-order valence-electron chi connectivity index (χ2n) is 3.97. The molecule has 0 spiro atoms. The average Bonchev–Trinajstić information content (AvgIpc) is 2.74. The van der Waals surface area contributed by atoms with Crippen LogP contribution in [0, 0.1) is 6.92 Å². The van der Waals surface area contributed by atoms with Crippen LogP contribution in [0.4, 0.5) is 11.8 Å². The second kappa shape index (κ2) is 5.94. The molecule has 0 atom stereocenters. The molecule has 0 aromatic carbocycles. The van der Waals surface area contributed by atoms with Crippen LogP contribution in [0.2, 0.25) is 0 Å². The summed E-state index contributed by atoms with van der Waals surface area (Å²) in [5.41, 5.74) is 2.47. The van der Waals surface area contributed by atoms with E-state index < -0.39 is 0 Å². The van der Waals surface area contributed by atoms with E-state index in [1.807, 2.05) is 6.92 Å². The van der Waals surface area contributed by atoms with Gasteiger partial charge in [0.25, 0.3) is 0 Å². The van der Waals surface area contributed by atoms with Gasteiger partial charge in [-0.05, 0) is 25.8 Å². The molecule has 0 aliphatic heterocycles. The van der Waals surface area contributed by atoms with Crippen molar-refractivity contribution in [2.45, 2.75) is 19.8 Å². The van der Waals surface area contributed by atoms with Crippen molar-refractivity contribution in [2.24, 2.45) is 5.84 Å². The van der Waals surface area contributed by atoms with Crippen LogP contribution in [0.25, 0.3) is 10.2 Å². The highest BCUT2D eigenvalue weighted by Crippen LogP contribution is 2.29. The second-order valence-corrected chi connectivity index (χ2v) is 5.21. The maximum Gasteiger partial charge on any atom is 0.240 e. The third kappa shape index (κ3) is 2.87. The summed E-state index contributed by atoms with van der Waals surface area (Å²) >= 11 is 1.61. The summed E-state index contributed by atoms with van der Waals surface area (Å²) in [5, 5.41) is 13.0. The number of hydrogen-bond donors (Lipinski definition) is 4. The molecule has 2 heterocycles. The number of nitrogens with one attached hydrogen (secondary N) is 2. The van der Waals surface area contributed by atoms with Crippen molar-refractivity contribution in [3.63, 3.8) is 0 Å².